The van der Waals surface area contributed by atoms with Crippen molar-refractivity contribution in [2.75, 3.05) is 13.7 Å². The maximum absolute atomic E-state index is 11.8. The van der Waals surface area contributed by atoms with Crippen molar-refractivity contribution < 1.29 is 52.3 Å². The molecule has 1 aromatic rings. The second-order valence-corrected chi connectivity index (χ2v) is 6.86. The molecular weight excluding hydrogens is 428 g/mol. The Morgan fingerprint density at radius 1 is 0.750 bits per heavy atom. The van der Waals surface area contributed by atoms with Gasteiger partial charge in [0.25, 0.3) is 0 Å². The Labute approximate surface area is 184 Å². The van der Waals surface area contributed by atoms with Crippen LogP contribution in [0.3, 0.4) is 0 Å². The number of rotatable bonds is 8. The molecule has 5 atom stereocenters. The van der Waals surface area contributed by atoms with Crippen molar-refractivity contribution in [2.24, 2.45) is 0 Å². The molecule has 1 aromatic carbocycles. The van der Waals surface area contributed by atoms with Gasteiger partial charge in [-0.15, -0.1) is 0 Å². The molecule has 32 heavy (non-hydrogen) atoms. The molecule has 0 spiro atoms. The van der Waals surface area contributed by atoms with Gasteiger partial charge in [0.2, 0.25) is 12.4 Å². The molecule has 0 N–H and O–H groups in total. The molecule has 176 valence electrons. The van der Waals surface area contributed by atoms with Gasteiger partial charge in [0.1, 0.15) is 24.2 Å². The lowest BCUT2D eigenvalue weighted by Gasteiger charge is -2.43. The van der Waals surface area contributed by atoms with E-state index in [1.54, 1.807) is 24.3 Å². The van der Waals surface area contributed by atoms with Gasteiger partial charge in [-0.2, -0.15) is 0 Å². The lowest BCUT2D eigenvalue weighted by atomic mass is 9.98. The first-order valence-corrected chi connectivity index (χ1v) is 9.72. The van der Waals surface area contributed by atoms with Gasteiger partial charge in [0, 0.05) is 27.7 Å². The van der Waals surface area contributed by atoms with Crippen LogP contribution in [0.4, 0.5) is 0 Å². The van der Waals surface area contributed by atoms with Crippen LogP contribution in [0.2, 0.25) is 0 Å². The third-order valence-corrected chi connectivity index (χ3v) is 4.26. The van der Waals surface area contributed by atoms with Crippen LogP contribution in [0.5, 0.6) is 11.5 Å². The van der Waals surface area contributed by atoms with Gasteiger partial charge >= 0.3 is 23.9 Å². The number of benzene rings is 1. The van der Waals surface area contributed by atoms with Gasteiger partial charge < -0.3 is 33.2 Å². The third kappa shape index (κ3) is 7.12. The van der Waals surface area contributed by atoms with Crippen molar-refractivity contribution in [3.63, 3.8) is 0 Å². The SMILES string of the molecule is COc1ccc(OC2O[C@H](COC(C)=O)[C@@H](OC(C)=O)[C@H](OC(C)=O)[C@@H]2OC(C)=O)cc1. The van der Waals surface area contributed by atoms with Gasteiger partial charge in [-0.3, -0.25) is 19.2 Å². The predicted molar refractivity (Wildman–Crippen MR) is 106 cm³/mol. The van der Waals surface area contributed by atoms with Crippen molar-refractivity contribution in [1.82, 2.24) is 0 Å². The van der Waals surface area contributed by atoms with Crippen LogP contribution in [0, 0.1) is 0 Å². The van der Waals surface area contributed by atoms with Crippen LogP contribution in [0.15, 0.2) is 24.3 Å². The Bertz CT molecular complexity index is 820. The fourth-order valence-electron chi connectivity index (χ4n) is 3.07. The van der Waals surface area contributed by atoms with Crippen LogP contribution < -0.4 is 9.47 Å². The summed E-state index contributed by atoms with van der Waals surface area (Å²) in [6.07, 6.45) is -6.20. The molecule has 0 saturated carbocycles. The first-order chi connectivity index (χ1) is 15.1. The molecule has 0 radical (unpaired) electrons. The summed E-state index contributed by atoms with van der Waals surface area (Å²) in [7, 11) is 1.51. The zero-order chi connectivity index (χ0) is 23.8. The van der Waals surface area contributed by atoms with Crippen molar-refractivity contribution in [3.05, 3.63) is 24.3 Å². The van der Waals surface area contributed by atoms with E-state index >= 15 is 0 Å². The largest absolute Gasteiger partial charge is 0.497 e. The summed E-state index contributed by atoms with van der Waals surface area (Å²) in [5.74, 6) is -1.83. The molecule has 1 unspecified atom stereocenters. The smallest absolute Gasteiger partial charge is 0.303 e. The molecule has 1 aliphatic rings. The highest BCUT2D eigenvalue weighted by molar-refractivity contribution is 5.68. The Kier molecular flexibility index (Phi) is 8.82. The lowest BCUT2D eigenvalue weighted by molar-refractivity contribution is -0.288. The number of carbonyl (C=O) groups is 4. The van der Waals surface area contributed by atoms with Gasteiger partial charge in [-0.25, -0.2) is 0 Å². The van der Waals surface area contributed by atoms with Crippen LogP contribution in [0.1, 0.15) is 27.7 Å². The molecule has 1 heterocycles. The second-order valence-electron chi connectivity index (χ2n) is 6.86. The Hall–Kier alpha value is -3.34. The average Bonchev–Trinajstić information content (AvgIpc) is 2.70. The zero-order valence-corrected chi connectivity index (χ0v) is 18.4. The maximum Gasteiger partial charge on any atom is 0.303 e. The first kappa shape index (κ1) is 24.9. The molecule has 0 bridgehead atoms. The van der Waals surface area contributed by atoms with Crippen molar-refractivity contribution in [3.8, 4) is 11.5 Å². The predicted octanol–water partition coefficient (Wildman–Crippen LogP) is 1.16. The summed E-state index contributed by atoms with van der Waals surface area (Å²) in [4.78, 5) is 46.6. The number of esters is 4. The molecule has 0 aliphatic carbocycles. The minimum atomic E-state index is -1.29. The summed E-state index contributed by atoms with van der Waals surface area (Å²) in [6.45, 7) is 4.31. The highest BCUT2D eigenvalue weighted by Gasteiger charge is 2.53. The number of ether oxygens (including phenoxy) is 7. The van der Waals surface area contributed by atoms with Gasteiger partial charge in [0.15, 0.2) is 12.2 Å². The van der Waals surface area contributed by atoms with E-state index in [9.17, 15) is 19.2 Å². The molecule has 11 nitrogen and oxygen atoms in total. The molecule has 11 heteroatoms. The van der Waals surface area contributed by atoms with E-state index in [0.29, 0.717) is 11.5 Å². The van der Waals surface area contributed by atoms with Crippen molar-refractivity contribution in [2.45, 2.75) is 58.4 Å². The van der Waals surface area contributed by atoms with E-state index in [4.69, 9.17) is 33.2 Å². The van der Waals surface area contributed by atoms with Crippen molar-refractivity contribution >= 4 is 23.9 Å². The van der Waals surface area contributed by atoms with Gasteiger partial charge in [-0.1, -0.05) is 0 Å². The van der Waals surface area contributed by atoms with Crippen molar-refractivity contribution in [1.29, 1.82) is 0 Å². The minimum absolute atomic E-state index is 0.326. The highest BCUT2D eigenvalue weighted by Crippen LogP contribution is 2.31. The Morgan fingerprint density at radius 2 is 1.25 bits per heavy atom. The maximum atomic E-state index is 11.8. The van der Waals surface area contributed by atoms with Crippen LogP contribution in [-0.4, -0.2) is 68.3 Å². The lowest BCUT2D eigenvalue weighted by Crippen LogP contribution is -2.63. The molecule has 1 fully saturated rings. The molecule has 1 aliphatic heterocycles. The zero-order valence-electron chi connectivity index (χ0n) is 18.4. The second kappa shape index (κ2) is 11.3. The standard InChI is InChI=1S/C21H26O11/c1-11(22)27-10-17-18(28-12(2)23)19(29-13(3)24)20(30-14(4)25)21(32-17)31-16-8-6-15(26-5)7-9-16/h6-9,17-21H,10H2,1-5H3/t17-,18-,19+,20+,21?/m1/s1. The molecule has 0 amide bonds. The summed E-state index contributed by atoms with van der Waals surface area (Å²) in [5, 5.41) is 0. The van der Waals surface area contributed by atoms with E-state index in [0.717, 1.165) is 20.8 Å². The summed E-state index contributed by atoms with van der Waals surface area (Å²) < 4.78 is 37.8. The number of hydrogen-bond acceptors (Lipinski definition) is 11. The highest BCUT2D eigenvalue weighted by atomic mass is 16.7. The normalized spacial score (nSPS) is 24.6. The van der Waals surface area contributed by atoms with E-state index in [1.807, 2.05) is 0 Å². The monoisotopic (exact) mass is 454 g/mol. The van der Waals surface area contributed by atoms with E-state index in [-0.39, 0.29) is 6.61 Å². The number of hydrogen-bond donors (Lipinski definition) is 0. The molecular formula is C21H26O11. The minimum Gasteiger partial charge on any atom is -0.497 e. The fourth-order valence-corrected chi connectivity index (χ4v) is 3.07. The van der Waals surface area contributed by atoms with Crippen LogP contribution in [0.25, 0.3) is 0 Å². The first-order valence-electron chi connectivity index (χ1n) is 9.72. The van der Waals surface area contributed by atoms with Crippen LogP contribution >= 0.6 is 0 Å². The third-order valence-electron chi connectivity index (χ3n) is 4.26. The Balaban J connectivity index is 2.42. The number of methoxy groups -OCH3 is 1. The Morgan fingerprint density at radius 3 is 1.75 bits per heavy atom. The van der Waals surface area contributed by atoms with Gasteiger partial charge in [-0.05, 0) is 24.3 Å². The van der Waals surface area contributed by atoms with E-state index < -0.39 is 54.6 Å². The summed E-state index contributed by atoms with van der Waals surface area (Å²) >= 11 is 0. The van der Waals surface area contributed by atoms with Crippen LogP contribution in [-0.2, 0) is 42.9 Å². The average molecular weight is 454 g/mol. The topological polar surface area (TPSA) is 133 Å². The van der Waals surface area contributed by atoms with Gasteiger partial charge in [0.05, 0.1) is 7.11 Å². The molecule has 1 saturated heterocycles. The van der Waals surface area contributed by atoms with E-state index in [1.165, 1.54) is 14.0 Å². The summed E-state index contributed by atoms with van der Waals surface area (Å²) in [6, 6.07) is 6.46. The quantitative estimate of drug-likeness (QED) is 0.414. The summed E-state index contributed by atoms with van der Waals surface area (Å²) in [5.41, 5.74) is 0. The molecule has 2 rings (SSSR count). The van der Waals surface area contributed by atoms with E-state index in [2.05, 4.69) is 0 Å². The number of carbonyl (C=O) groups excluding carboxylic acids is 4. The fraction of sp³-hybridized carbons (Fsp3) is 0.524. The molecule has 0 aromatic heterocycles.